The maximum Gasteiger partial charge on any atom is 0.173 e. The quantitative estimate of drug-likeness (QED) is 0.445. The summed E-state index contributed by atoms with van der Waals surface area (Å²) in [6.07, 6.45) is 7.29. The first kappa shape index (κ1) is 10.3. The maximum absolute atomic E-state index is 10.6. The Morgan fingerprint density at radius 3 is 2.45 bits per heavy atom. The van der Waals surface area contributed by atoms with Gasteiger partial charge >= 0.3 is 0 Å². The molecular weight excluding hydrogens is 138 g/mol. The highest BCUT2D eigenvalue weighted by atomic mass is 16.1. The average Bonchev–Trinajstić information content (AvgIpc) is 2.04. The van der Waals surface area contributed by atoms with E-state index in [4.69, 9.17) is 5.41 Å². The molecule has 11 heavy (non-hydrogen) atoms. The van der Waals surface area contributed by atoms with Gasteiger partial charge in [0.05, 0.1) is 6.21 Å². The van der Waals surface area contributed by atoms with Crippen LogP contribution < -0.4 is 0 Å². The van der Waals surface area contributed by atoms with E-state index in [9.17, 15) is 4.79 Å². The summed E-state index contributed by atoms with van der Waals surface area (Å²) in [5.41, 5.74) is 0. The molecule has 0 saturated heterocycles. The minimum atomic E-state index is -0.0403. The lowest BCUT2D eigenvalue weighted by Crippen LogP contribution is -1.96. The van der Waals surface area contributed by atoms with Crippen molar-refractivity contribution in [3.8, 4) is 0 Å². The summed E-state index contributed by atoms with van der Waals surface area (Å²) in [6.45, 7) is 2.17. The Labute approximate surface area is 68.5 Å². The van der Waals surface area contributed by atoms with Crippen molar-refractivity contribution in [1.29, 1.82) is 5.41 Å². The molecule has 0 spiro atoms. The van der Waals surface area contributed by atoms with Crippen LogP contribution in [0.15, 0.2) is 0 Å². The van der Waals surface area contributed by atoms with Crippen LogP contribution in [0.3, 0.4) is 0 Å². The van der Waals surface area contributed by atoms with Crippen LogP contribution in [0.4, 0.5) is 0 Å². The van der Waals surface area contributed by atoms with Gasteiger partial charge in [0, 0.05) is 6.42 Å². The van der Waals surface area contributed by atoms with Crippen LogP contribution in [0.25, 0.3) is 0 Å². The fourth-order valence-corrected chi connectivity index (χ4v) is 0.975. The Hall–Kier alpha value is -0.660. The lowest BCUT2D eigenvalue weighted by atomic mass is 10.1. The summed E-state index contributed by atoms with van der Waals surface area (Å²) >= 11 is 0. The van der Waals surface area contributed by atoms with Gasteiger partial charge in [-0.15, -0.1) is 0 Å². The molecule has 0 aliphatic rings. The summed E-state index contributed by atoms with van der Waals surface area (Å²) in [4.78, 5) is 10.6. The lowest BCUT2D eigenvalue weighted by Gasteiger charge is -1.96. The van der Waals surface area contributed by atoms with E-state index in [2.05, 4.69) is 6.92 Å². The first-order chi connectivity index (χ1) is 5.31. The van der Waals surface area contributed by atoms with Crippen molar-refractivity contribution in [2.75, 3.05) is 0 Å². The fourth-order valence-electron chi connectivity index (χ4n) is 0.975. The zero-order valence-electron chi connectivity index (χ0n) is 7.23. The highest BCUT2D eigenvalue weighted by Gasteiger charge is 1.95. The van der Waals surface area contributed by atoms with Crippen LogP contribution >= 0.6 is 0 Å². The molecule has 0 aliphatic heterocycles. The second kappa shape index (κ2) is 7.45. The predicted molar refractivity (Wildman–Crippen MR) is 47.2 cm³/mol. The van der Waals surface area contributed by atoms with Crippen LogP contribution in [-0.2, 0) is 4.79 Å². The van der Waals surface area contributed by atoms with E-state index in [1.807, 2.05) is 0 Å². The highest BCUT2D eigenvalue weighted by Crippen LogP contribution is 2.04. The van der Waals surface area contributed by atoms with Crippen molar-refractivity contribution in [3.63, 3.8) is 0 Å². The SMILES string of the molecule is CCCCCCCC(=O)C=N. The number of ketones is 1. The van der Waals surface area contributed by atoms with Gasteiger partial charge in [-0.05, 0) is 6.42 Å². The maximum atomic E-state index is 10.6. The van der Waals surface area contributed by atoms with Gasteiger partial charge in [-0.2, -0.15) is 0 Å². The number of Topliss-reactive ketones (excluding diaryl/α,β-unsaturated/α-hetero) is 1. The molecule has 2 nitrogen and oxygen atoms in total. The molecule has 64 valence electrons. The Morgan fingerprint density at radius 1 is 1.27 bits per heavy atom. The largest absolute Gasteiger partial charge is 0.305 e. The number of nitrogens with one attached hydrogen (secondary N) is 1. The first-order valence-corrected chi connectivity index (χ1v) is 4.34. The van der Waals surface area contributed by atoms with Crippen LogP contribution in [0.5, 0.6) is 0 Å². The number of unbranched alkanes of at least 4 members (excludes halogenated alkanes) is 4. The van der Waals surface area contributed by atoms with E-state index < -0.39 is 0 Å². The lowest BCUT2D eigenvalue weighted by molar-refractivity contribution is -0.112. The number of hydrogen-bond acceptors (Lipinski definition) is 2. The average molecular weight is 155 g/mol. The van der Waals surface area contributed by atoms with Crippen molar-refractivity contribution in [2.24, 2.45) is 0 Å². The molecule has 0 aromatic heterocycles. The van der Waals surface area contributed by atoms with Crippen LogP contribution in [0.1, 0.15) is 45.4 Å². The van der Waals surface area contributed by atoms with E-state index >= 15 is 0 Å². The molecule has 0 aliphatic carbocycles. The third-order valence-electron chi connectivity index (χ3n) is 1.69. The second-order valence-corrected chi connectivity index (χ2v) is 2.77. The Morgan fingerprint density at radius 2 is 1.91 bits per heavy atom. The van der Waals surface area contributed by atoms with E-state index in [1.165, 1.54) is 19.3 Å². The third kappa shape index (κ3) is 7.23. The zero-order valence-corrected chi connectivity index (χ0v) is 7.23. The number of rotatable bonds is 7. The van der Waals surface area contributed by atoms with Gasteiger partial charge in [0.2, 0.25) is 0 Å². The zero-order chi connectivity index (χ0) is 8.53. The molecule has 0 radical (unpaired) electrons. The number of carbonyl (C=O) groups excluding carboxylic acids is 1. The third-order valence-corrected chi connectivity index (χ3v) is 1.69. The minimum Gasteiger partial charge on any atom is -0.305 e. The minimum absolute atomic E-state index is 0.0403. The van der Waals surface area contributed by atoms with Crippen molar-refractivity contribution in [3.05, 3.63) is 0 Å². The van der Waals surface area contributed by atoms with Crippen molar-refractivity contribution < 1.29 is 4.79 Å². The molecule has 0 heterocycles. The van der Waals surface area contributed by atoms with Gasteiger partial charge in [-0.1, -0.05) is 32.6 Å². The van der Waals surface area contributed by atoms with Crippen molar-refractivity contribution in [1.82, 2.24) is 0 Å². The highest BCUT2D eigenvalue weighted by molar-refractivity contribution is 6.26. The van der Waals surface area contributed by atoms with Crippen LogP contribution in [-0.4, -0.2) is 12.0 Å². The van der Waals surface area contributed by atoms with Gasteiger partial charge in [0.15, 0.2) is 5.78 Å². The first-order valence-electron chi connectivity index (χ1n) is 4.34. The van der Waals surface area contributed by atoms with Gasteiger partial charge in [-0.25, -0.2) is 0 Å². The fraction of sp³-hybridized carbons (Fsp3) is 0.778. The van der Waals surface area contributed by atoms with E-state index in [0.29, 0.717) is 6.42 Å². The topological polar surface area (TPSA) is 40.9 Å². The van der Waals surface area contributed by atoms with Crippen molar-refractivity contribution in [2.45, 2.75) is 45.4 Å². The summed E-state index contributed by atoms with van der Waals surface area (Å²) in [6, 6.07) is 0. The molecule has 0 unspecified atom stereocenters. The number of carbonyl (C=O) groups is 1. The van der Waals surface area contributed by atoms with E-state index in [-0.39, 0.29) is 5.78 Å². The predicted octanol–water partition coefficient (Wildman–Crippen LogP) is 2.57. The van der Waals surface area contributed by atoms with Gasteiger partial charge in [0.25, 0.3) is 0 Å². The monoisotopic (exact) mass is 155 g/mol. The van der Waals surface area contributed by atoms with E-state index in [0.717, 1.165) is 19.1 Å². The number of hydrogen-bond donors (Lipinski definition) is 1. The summed E-state index contributed by atoms with van der Waals surface area (Å²) in [5, 5.41) is 6.65. The molecule has 1 N–H and O–H groups in total. The smallest absolute Gasteiger partial charge is 0.173 e. The molecule has 0 bridgehead atoms. The standard InChI is InChI=1S/C9H17NO/c1-2-3-4-5-6-7-9(11)8-10/h8,10H,2-7H2,1H3. The molecule has 0 rings (SSSR count). The molecule has 0 aromatic rings. The molecule has 0 atom stereocenters. The normalized spacial score (nSPS) is 9.55. The van der Waals surface area contributed by atoms with Crippen LogP contribution in [0.2, 0.25) is 0 Å². The summed E-state index contributed by atoms with van der Waals surface area (Å²) in [5.74, 6) is -0.0403. The Bertz CT molecular complexity index is 121. The Balaban J connectivity index is 3.01. The molecular formula is C9H17NO. The van der Waals surface area contributed by atoms with Gasteiger partial charge in [0.1, 0.15) is 0 Å². The Kier molecular flexibility index (Phi) is 7.00. The van der Waals surface area contributed by atoms with Gasteiger partial charge in [-0.3, -0.25) is 4.79 Å². The summed E-state index contributed by atoms with van der Waals surface area (Å²) in [7, 11) is 0. The van der Waals surface area contributed by atoms with Crippen LogP contribution in [0, 0.1) is 5.41 Å². The second-order valence-electron chi connectivity index (χ2n) is 2.77. The summed E-state index contributed by atoms with van der Waals surface area (Å²) < 4.78 is 0. The molecule has 0 saturated carbocycles. The van der Waals surface area contributed by atoms with Gasteiger partial charge < -0.3 is 5.41 Å². The molecule has 0 aromatic carbocycles. The molecule has 0 fully saturated rings. The van der Waals surface area contributed by atoms with Crippen molar-refractivity contribution >= 4 is 12.0 Å². The molecule has 0 amide bonds. The molecule has 2 heteroatoms. The van der Waals surface area contributed by atoms with E-state index in [1.54, 1.807) is 0 Å².